The monoisotopic (exact) mass is 543 g/mol. The van der Waals surface area contributed by atoms with Gasteiger partial charge in [-0.2, -0.15) is 0 Å². The van der Waals surface area contributed by atoms with Crippen molar-refractivity contribution in [3.8, 4) is 0 Å². The fourth-order valence-electron chi connectivity index (χ4n) is 3.67. The van der Waals surface area contributed by atoms with Gasteiger partial charge < -0.3 is 10.6 Å². The molecule has 3 rings (SSSR count). The molecule has 0 bridgehead atoms. The molecule has 2 atom stereocenters. The summed E-state index contributed by atoms with van der Waals surface area (Å²) < 4.78 is 27.3. The van der Waals surface area contributed by atoms with Gasteiger partial charge in [0.25, 0.3) is 0 Å². The number of benzene rings is 1. The average Bonchev–Trinajstić information content (AvgIpc) is 3.29. The largest absolute Gasteiger partial charge is 0.350 e. The Kier molecular flexibility index (Phi) is 9.90. The van der Waals surface area contributed by atoms with E-state index in [0.717, 1.165) is 26.2 Å². The van der Waals surface area contributed by atoms with Crippen LogP contribution in [-0.4, -0.2) is 48.8 Å². The number of sulfonamides is 1. The fraction of sp³-hybridized carbons (Fsp3) is 0.385. The zero-order valence-electron chi connectivity index (χ0n) is 21.2. The van der Waals surface area contributed by atoms with Gasteiger partial charge in [0.1, 0.15) is 6.04 Å². The minimum atomic E-state index is -3.69. The van der Waals surface area contributed by atoms with Gasteiger partial charge in [-0.15, -0.1) is 11.3 Å². The van der Waals surface area contributed by atoms with Crippen LogP contribution < -0.4 is 15.4 Å². The van der Waals surface area contributed by atoms with Crippen LogP contribution in [0, 0.1) is 0 Å². The number of nitrogens with one attached hydrogen (secondary N) is 3. The minimum Gasteiger partial charge on any atom is -0.350 e. The van der Waals surface area contributed by atoms with E-state index < -0.39 is 28.0 Å². The molecule has 3 aromatic rings. The van der Waals surface area contributed by atoms with Gasteiger partial charge in [-0.05, 0) is 41.7 Å². The third-order valence-electron chi connectivity index (χ3n) is 5.78. The molecule has 0 aliphatic heterocycles. The Bertz CT molecular complexity index is 1340. The van der Waals surface area contributed by atoms with E-state index in [0.29, 0.717) is 12.3 Å². The Hall–Kier alpha value is -3.15. The van der Waals surface area contributed by atoms with Gasteiger partial charge in [0.2, 0.25) is 21.8 Å². The maximum absolute atomic E-state index is 13.4. The van der Waals surface area contributed by atoms with Crippen molar-refractivity contribution in [1.29, 1.82) is 0 Å². The summed E-state index contributed by atoms with van der Waals surface area (Å²) >= 11 is 1.49. The van der Waals surface area contributed by atoms with Crippen LogP contribution >= 0.6 is 11.3 Å². The van der Waals surface area contributed by atoms with Gasteiger partial charge in [0, 0.05) is 43.2 Å². The zero-order valence-corrected chi connectivity index (χ0v) is 22.9. The first-order chi connectivity index (χ1) is 17.6. The van der Waals surface area contributed by atoms with E-state index >= 15 is 0 Å². The number of hydrogen-bond acceptors (Lipinski definition) is 7. The summed E-state index contributed by atoms with van der Waals surface area (Å²) in [5.41, 5.74) is 2.88. The summed E-state index contributed by atoms with van der Waals surface area (Å²) in [7, 11) is -3.69. The lowest BCUT2D eigenvalue weighted by molar-refractivity contribution is -0.129. The molecule has 2 aromatic heterocycles. The number of hydrogen-bond donors (Lipinski definition) is 3. The van der Waals surface area contributed by atoms with Crippen LogP contribution in [-0.2, 0) is 32.5 Å². The number of rotatable bonds is 13. The SMILES string of the molecule is C=CS(=O)(=O)NC[C@H](Cc1cccnc1)NC(=O)[C@H](Cc1nc2ccc(C(C)C)cc2s1)NC(=O)CC. The summed E-state index contributed by atoms with van der Waals surface area (Å²) in [6, 6.07) is 8.28. The number of carbonyl (C=O) groups is 2. The highest BCUT2D eigenvalue weighted by Crippen LogP contribution is 2.27. The van der Waals surface area contributed by atoms with Crippen LogP contribution in [0.5, 0.6) is 0 Å². The molecule has 198 valence electrons. The molecular weight excluding hydrogens is 510 g/mol. The summed E-state index contributed by atoms with van der Waals surface area (Å²) in [5, 5.41) is 7.24. The van der Waals surface area contributed by atoms with Crippen LogP contribution in [0.1, 0.15) is 49.2 Å². The normalized spacial score (nSPS) is 13.3. The summed E-state index contributed by atoms with van der Waals surface area (Å²) in [5.74, 6) is -0.303. The standard InChI is InChI=1S/C26H33N5O4S2/c1-5-24(32)30-22(14-25-31-21-10-9-19(17(3)4)13-23(21)36-25)26(33)29-20(16-28-37(34,35)6-2)12-18-8-7-11-27-15-18/h6-11,13,15,17,20,22,28H,2,5,12,14,16H2,1,3-4H3,(H,29,33)(H,30,32)/t20-,22-/m0/s1. The van der Waals surface area contributed by atoms with Crippen molar-refractivity contribution in [3.63, 3.8) is 0 Å². The topological polar surface area (TPSA) is 130 Å². The Morgan fingerprint density at radius 1 is 1.16 bits per heavy atom. The maximum atomic E-state index is 13.4. The Labute approximate surface area is 221 Å². The van der Waals surface area contributed by atoms with Crippen LogP contribution in [0.2, 0.25) is 0 Å². The van der Waals surface area contributed by atoms with E-state index in [9.17, 15) is 18.0 Å². The number of carbonyl (C=O) groups excluding carboxylic acids is 2. The molecule has 0 spiro atoms. The molecule has 0 saturated heterocycles. The van der Waals surface area contributed by atoms with Gasteiger partial charge in [-0.1, -0.05) is 39.5 Å². The molecule has 1 aromatic carbocycles. The number of amides is 2. The molecular formula is C26H33N5O4S2. The Morgan fingerprint density at radius 2 is 1.95 bits per heavy atom. The first-order valence-electron chi connectivity index (χ1n) is 12.1. The van der Waals surface area contributed by atoms with Gasteiger partial charge in [0.05, 0.1) is 15.2 Å². The van der Waals surface area contributed by atoms with Crippen molar-refractivity contribution < 1.29 is 18.0 Å². The number of fused-ring (bicyclic) bond motifs is 1. The van der Waals surface area contributed by atoms with E-state index in [1.807, 2.05) is 18.2 Å². The molecule has 0 aliphatic rings. The third kappa shape index (κ3) is 8.44. The van der Waals surface area contributed by atoms with Gasteiger partial charge in [0.15, 0.2) is 0 Å². The first kappa shape index (κ1) is 28.4. The van der Waals surface area contributed by atoms with Crippen LogP contribution in [0.3, 0.4) is 0 Å². The quantitative estimate of drug-likeness (QED) is 0.304. The summed E-state index contributed by atoms with van der Waals surface area (Å²) in [4.78, 5) is 34.4. The fourth-order valence-corrected chi connectivity index (χ4v) is 5.28. The summed E-state index contributed by atoms with van der Waals surface area (Å²) in [6.07, 6.45) is 4.07. The van der Waals surface area contributed by atoms with Crippen LogP contribution in [0.15, 0.2) is 54.7 Å². The zero-order chi connectivity index (χ0) is 27.0. The lowest BCUT2D eigenvalue weighted by atomic mass is 10.0. The molecule has 11 heteroatoms. The van der Waals surface area contributed by atoms with E-state index in [2.05, 4.69) is 51.8 Å². The molecule has 9 nitrogen and oxygen atoms in total. The number of nitrogens with zero attached hydrogens (tertiary/aromatic N) is 2. The first-order valence-corrected chi connectivity index (χ1v) is 14.5. The smallest absolute Gasteiger partial charge is 0.243 e. The van der Waals surface area contributed by atoms with E-state index in [4.69, 9.17) is 0 Å². The van der Waals surface area contributed by atoms with E-state index in [1.54, 1.807) is 25.4 Å². The number of pyridine rings is 1. The van der Waals surface area contributed by atoms with Gasteiger partial charge in [-0.25, -0.2) is 18.1 Å². The van der Waals surface area contributed by atoms with Crippen molar-refractivity contribution in [3.05, 3.63) is 70.8 Å². The highest BCUT2D eigenvalue weighted by atomic mass is 32.2. The van der Waals surface area contributed by atoms with E-state index in [1.165, 1.54) is 16.9 Å². The Morgan fingerprint density at radius 3 is 2.59 bits per heavy atom. The molecule has 2 heterocycles. The number of thiazole rings is 1. The molecule has 3 N–H and O–H groups in total. The molecule has 0 unspecified atom stereocenters. The second kappa shape index (κ2) is 12.9. The van der Waals surface area contributed by atoms with Gasteiger partial charge in [-0.3, -0.25) is 14.6 Å². The second-order valence-corrected chi connectivity index (χ2v) is 11.8. The average molecular weight is 544 g/mol. The lowest BCUT2D eigenvalue weighted by Crippen LogP contribution is -2.53. The van der Waals surface area contributed by atoms with Crippen molar-refractivity contribution in [2.24, 2.45) is 0 Å². The molecule has 0 aliphatic carbocycles. The van der Waals surface area contributed by atoms with Crippen molar-refractivity contribution in [1.82, 2.24) is 25.3 Å². The van der Waals surface area contributed by atoms with Crippen molar-refractivity contribution >= 4 is 43.4 Å². The van der Waals surface area contributed by atoms with Crippen molar-refractivity contribution in [2.45, 2.75) is 58.0 Å². The number of aromatic nitrogens is 2. The van der Waals surface area contributed by atoms with Crippen LogP contribution in [0.25, 0.3) is 10.2 Å². The molecule has 2 amide bonds. The molecule has 0 radical (unpaired) electrons. The predicted molar refractivity (Wildman–Crippen MR) is 147 cm³/mol. The molecule has 0 saturated carbocycles. The second-order valence-electron chi connectivity index (χ2n) is 9.00. The summed E-state index contributed by atoms with van der Waals surface area (Å²) in [6.45, 7) is 9.22. The minimum absolute atomic E-state index is 0.0530. The molecule has 37 heavy (non-hydrogen) atoms. The lowest BCUT2D eigenvalue weighted by Gasteiger charge is -2.23. The predicted octanol–water partition coefficient (Wildman–Crippen LogP) is 3.04. The Balaban J connectivity index is 1.81. The van der Waals surface area contributed by atoms with E-state index in [-0.39, 0.29) is 25.3 Å². The van der Waals surface area contributed by atoms with Crippen molar-refractivity contribution in [2.75, 3.05) is 6.54 Å². The highest BCUT2D eigenvalue weighted by molar-refractivity contribution is 7.92. The molecule has 0 fully saturated rings. The third-order valence-corrected chi connectivity index (χ3v) is 7.82. The van der Waals surface area contributed by atoms with Gasteiger partial charge >= 0.3 is 0 Å². The van der Waals surface area contributed by atoms with Crippen LogP contribution in [0.4, 0.5) is 0 Å². The maximum Gasteiger partial charge on any atom is 0.243 e. The highest BCUT2D eigenvalue weighted by Gasteiger charge is 2.25.